The van der Waals surface area contributed by atoms with E-state index in [0.717, 1.165) is 44.9 Å². The fourth-order valence-electron chi connectivity index (χ4n) is 11.6. The van der Waals surface area contributed by atoms with Gasteiger partial charge in [0.05, 0.1) is 18.8 Å². The van der Waals surface area contributed by atoms with Crippen LogP contribution in [-0.2, 0) is 18.4 Å². The molecular formula is C67H132NO11P. The second kappa shape index (κ2) is 55.9. The summed E-state index contributed by atoms with van der Waals surface area (Å²) in [5, 5.41) is 64.5. The lowest BCUT2D eigenvalue weighted by Crippen LogP contribution is -2.64. The molecule has 1 fully saturated rings. The summed E-state index contributed by atoms with van der Waals surface area (Å²) in [6.07, 6.45) is 59.0. The van der Waals surface area contributed by atoms with Crippen LogP contribution in [0, 0.1) is 0 Å². The topological polar surface area (TPSA) is 206 Å². The molecule has 1 rings (SSSR count). The maximum absolute atomic E-state index is 13.1. The first-order valence-electron chi connectivity index (χ1n) is 34.6. The van der Waals surface area contributed by atoms with Gasteiger partial charge in [-0.2, -0.15) is 0 Å². The summed E-state index contributed by atoms with van der Waals surface area (Å²) >= 11 is 0. The zero-order chi connectivity index (χ0) is 58.4. The Labute approximate surface area is 492 Å². The van der Waals surface area contributed by atoms with Gasteiger partial charge in [-0.1, -0.05) is 341 Å². The fraction of sp³-hybridized carbons (Fsp3) is 0.955. The molecule has 1 aliphatic rings. The minimum Gasteiger partial charge on any atom is -0.387 e. The molecule has 12 nitrogen and oxygen atoms in total. The maximum atomic E-state index is 13.1. The minimum absolute atomic E-state index is 0.220. The summed E-state index contributed by atoms with van der Waals surface area (Å²) in [5.74, 6) is -0.332. The number of carbonyl (C=O) groups excluding carboxylic acids is 1. The highest BCUT2D eigenvalue weighted by atomic mass is 31.2. The molecule has 0 spiro atoms. The zero-order valence-corrected chi connectivity index (χ0v) is 53.1. The van der Waals surface area contributed by atoms with Crippen LogP contribution in [-0.4, -0.2) is 96.8 Å². The van der Waals surface area contributed by atoms with Crippen LogP contribution in [0.25, 0.3) is 0 Å². The first kappa shape index (κ1) is 77.1. The highest BCUT2D eigenvalue weighted by Crippen LogP contribution is 2.47. The number of hydrogen-bond donors (Lipinski definition) is 8. The van der Waals surface area contributed by atoms with Gasteiger partial charge in [-0.3, -0.25) is 13.8 Å². The van der Waals surface area contributed by atoms with E-state index in [-0.39, 0.29) is 12.3 Å². The van der Waals surface area contributed by atoms with Gasteiger partial charge in [0.15, 0.2) is 0 Å². The molecule has 0 aliphatic heterocycles. The maximum Gasteiger partial charge on any atom is 0.472 e. The quantitative estimate of drug-likeness (QED) is 0.0163. The van der Waals surface area contributed by atoms with E-state index in [1.165, 1.54) is 283 Å². The Balaban J connectivity index is 2.16. The van der Waals surface area contributed by atoms with Crippen LogP contribution in [0.2, 0.25) is 0 Å². The number of hydrogen-bond acceptors (Lipinski definition) is 10. The van der Waals surface area contributed by atoms with E-state index in [4.69, 9.17) is 9.05 Å². The van der Waals surface area contributed by atoms with Crippen LogP contribution in [0.3, 0.4) is 0 Å². The van der Waals surface area contributed by atoms with Crippen LogP contribution in [0.15, 0.2) is 12.2 Å². The van der Waals surface area contributed by atoms with Crippen LogP contribution in [0.4, 0.5) is 0 Å². The number of unbranched alkanes of at least 4 members (excludes halogenated alkanes) is 50. The normalized spacial score (nSPS) is 20.2. The number of aliphatic hydroxyl groups excluding tert-OH is 6. The Morgan fingerprint density at radius 2 is 0.662 bits per heavy atom. The second-order valence-corrected chi connectivity index (χ2v) is 26.1. The van der Waals surface area contributed by atoms with E-state index < -0.39 is 63.2 Å². The number of aliphatic hydroxyl groups is 6. The molecule has 0 bridgehead atoms. The van der Waals surface area contributed by atoms with Gasteiger partial charge >= 0.3 is 7.82 Å². The Hall–Kier alpha value is -0.920. The molecule has 13 heteroatoms. The van der Waals surface area contributed by atoms with E-state index in [1.54, 1.807) is 6.08 Å². The summed E-state index contributed by atoms with van der Waals surface area (Å²) in [4.78, 5) is 23.6. The Bertz CT molecular complexity index is 1390. The van der Waals surface area contributed by atoms with Crippen molar-refractivity contribution in [3.63, 3.8) is 0 Å². The van der Waals surface area contributed by atoms with Gasteiger partial charge in [0.25, 0.3) is 0 Å². The van der Waals surface area contributed by atoms with Gasteiger partial charge in [0, 0.05) is 6.42 Å². The number of allylic oxidation sites excluding steroid dienone is 1. The highest BCUT2D eigenvalue weighted by molar-refractivity contribution is 7.47. The average molecular weight is 1160 g/mol. The Kier molecular flexibility index (Phi) is 53.9. The number of rotatable bonds is 61. The average Bonchev–Trinajstić information content (AvgIpc) is 3.49. The van der Waals surface area contributed by atoms with Crippen LogP contribution < -0.4 is 5.32 Å². The molecule has 0 aromatic heterocycles. The molecule has 1 aliphatic carbocycles. The van der Waals surface area contributed by atoms with Crippen molar-refractivity contribution in [1.29, 1.82) is 0 Å². The van der Waals surface area contributed by atoms with Crippen molar-refractivity contribution in [2.45, 2.75) is 403 Å². The molecule has 0 heterocycles. The van der Waals surface area contributed by atoms with Gasteiger partial charge in [0.2, 0.25) is 5.91 Å². The molecule has 0 aromatic rings. The third-order valence-electron chi connectivity index (χ3n) is 17.1. The van der Waals surface area contributed by atoms with E-state index in [9.17, 15) is 44.9 Å². The molecule has 8 N–H and O–H groups in total. The third kappa shape index (κ3) is 45.4. The summed E-state index contributed by atoms with van der Waals surface area (Å²) < 4.78 is 23.1. The first-order chi connectivity index (χ1) is 38.9. The fourth-order valence-corrected chi connectivity index (χ4v) is 12.5. The largest absolute Gasteiger partial charge is 0.472 e. The van der Waals surface area contributed by atoms with Gasteiger partial charge in [-0.05, 0) is 19.3 Å². The summed E-state index contributed by atoms with van der Waals surface area (Å²) in [5.41, 5.74) is 0. The van der Waals surface area contributed by atoms with Gasteiger partial charge in [-0.25, -0.2) is 4.57 Å². The van der Waals surface area contributed by atoms with E-state index in [1.807, 2.05) is 6.08 Å². The van der Waals surface area contributed by atoms with Crippen molar-refractivity contribution in [3.05, 3.63) is 12.2 Å². The van der Waals surface area contributed by atoms with Crippen LogP contribution >= 0.6 is 7.82 Å². The summed E-state index contributed by atoms with van der Waals surface area (Å²) in [6.45, 7) is 3.91. The summed E-state index contributed by atoms with van der Waals surface area (Å²) in [7, 11) is -5.09. The van der Waals surface area contributed by atoms with Crippen molar-refractivity contribution >= 4 is 13.7 Å². The van der Waals surface area contributed by atoms with Crippen molar-refractivity contribution in [3.8, 4) is 0 Å². The Morgan fingerprint density at radius 1 is 0.412 bits per heavy atom. The SMILES string of the molecule is CCCCCCCCCCCCCCCCC/C=C/[C@@H](O)[C@H](COP(=O)(O)OC1C(O)C(O)C(O)[C@@H](O)C1O)NC(=O)CCCCCCCCCCCCCCCCCCCCCCCCCCCCCCCCCCCCCC. The van der Waals surface area contributed by atoms with E-state index >= 15 is 0 Å². The molecule has 1 saturated carbocycles. The highest BCUT2D eigenvalue weighted by Gasteiger charge is 2.51. The molecule has 476 valence electrons. The predicted molar refractivity (Wildman–Crippen MR) is 334 cm³/mol. The predicted octanol–water partition coefficient (Wildman–Crippen LogP) is 17.4. The van der Waals surface area contributed by atoms with Crippen LogP contribution in [0.5, 0.6) is 0 Å². The first-order valence-corrected chi connectivity index (χ1v) is 36.1. The van der Waals surface area contributed by atoms with Crippen LogP contribution in [0.1, 0.15) is 354 Å². The molecule has 1 amide bonds. The van der Waals surface area contributed by atoms with E-state index in [2.05, 4.69) is 19.2 Å². The smallest absolute Gasteiger partial charge is 0.387 e. The van der Waals surface area contributed by atoms with Crippen molar-refractivity contribution in [2.24, 2.45) is 0 Å². The standard InChI is InChI=1S/C67H132NO11P/c1-3-5-7-9-11-13-15-17-19-21-22-23-24-25-26-27-28-29-30-31-32-33-34-35-36-37-38-39-41-43-45-47-49-51-53-55-57-61(70)68-59(58-78-80(76,77)79-67-65(74)63(72)62(71)64(73)66(67)75)60(69)56-54-52-50-48-46-44-42-40-20-18-16-14-12-10-8-6-4-2/h54,56,59-60,62-67,69,71-75H,3-53,55,57-58H2,1-2H3,(H,68,70)(H,76,77)/b56-54+/t59-,60+,62?,63+,64?,65?,66?,67?/m0/s1. The molecule has 80 heavy (non-hydrogen) atoms. The number of nitrogens with one attached hydrogen (secondary N) is 1. The number of carbonyl (C=O) groups is 1. The minimum atomic E-state index is -5.09. The lowest BCUT2D eigenvalue weighted by Gasteiger charge is -2.41. The second-order valence-electron chi connectivity index (χ2n) is 24.7. The number of phosphoric ester groups is 1. The third-order valence-corrected chi connectivity index (χ3v) is 18.1. The van der Waals surface area contributed by atoms with E-state index in [0.29, 0.717) is 6.42 Å². The van der Waals surface area contributed by atoms with Gasteiger partial charge in [-0.15, -0.1) is 0 Å². The summed E-state index contributed by atoms with van der Waals surface area (Å²) in [6, 6.07) is -1.11. The molecular weight excluding hydrogens is 1030 g/mol. The van der Waals surface area contributed by atoms with Gasteiger partial charge < -0.3 is 40.8 Å². The Morgan fingerprint density at radius 3 is 0.950 bits per heavy atom. The van der Waals surface area contributed by atoms with Crippen molar-refractivity contribution < 1.29 is 53.9 Å². The molecule has 0 aromatic carbocycles. The number of phosphoric acid groups is 1. The van der Waals surface area contributed by atoms with Crippen molar-refractivity contribution in [2.75, 3.05) is 6.61 Å². The monoisotopic (exact) mass is 1160 g/mol. The van der Waals surface area contributed by atoms with Gasteiger partial charge in [0.1, 0.15) is 36.6 Å². The lowest BCUT2D eigenvalue weighted by molar-refractivity contribution is -0.220. The number of amides is 1. The molecule has 0 radical (unpaired) electrons. The molecule has 9 atom stereocenters. The molecule has 0 saturated heterocycles. The molecule has 6 unspecified atom stereocenters. The van der Waals surface area contributed by atoms with Crippen molar-refractivity contribution in [1.82, 2.24) is 5.32 Å². The zero-order valence-electron chi connectivity index (χ0n) is 52.2. The lowest BCUT2D eigenvalue weighted by atomic mass is 9.85.